The Balaban J connectivity index is 0.000000164. The lowest BCUT2D eigenvalue weighted by Crippen LogP contribution is -2.26. The molecule has 0 amide bonds. The van der Waals surface area contributed by atoms with Crippen molar-refractivity contribution < 1.29 is 15.3 Å². The number of phenols is 3. The topological polar surface area (TPSA) is 60.7 Å². The first-order chi connectivity index (χ1) is 34.7. The second-order valence-corrected chi connectivity index (χ2v) is 32.3. The first-order valence-corrected chi connectivity index (χ1v) is 31.3. The Hall–Kier alpha value is -2.94. The van der Waals surface area contributed by atoms with E-state index in [0.29, 0.717) is 35.0 Å². The van der Waals surface area contributed by atoms with E-state index in [9.17, 15) is 15.3 Å². The predicted octanol–water partition coefficient (Wildman–Crippen LogP) is 21.2. The van der Waals surface area contributed by atoms with Gasteiger partial charge in [0.1, 0.15) is 17.2 Å². The van der Waals surface area contributed by atoms with E-state index in [1.165, 1.54) is 152 Å². The first kappa shape index (κ1) is 59.7. The van der Waals surface area contributed by atoms with Crippen LogP contribution in [0.5, 0.6) is 17.2 Å². The molecule has 0 bridgehead atoms. The Morgan fingerprint density at radius 1 is 0.240 bits per heavy atom. The van der Waals surface area contributed by atoms with E-state index in [4.69, 9.17) is 0 Å². The minimum absolute atomic E-state index is 0.0225. The van der Waals surface area contributed by atoms with Crippen LogP contribution >= 0.6 is 0 Å². The summed E-state index contributed by atoms with van der Waals surface area (Å²) in [5, 5.41) is 32.8. The molecule has 3 aromatic rings. The molecule has 420 valence electrons. The standard InChI is InChI=1S/C25H40O.C24H38O.C23H36O/c1-24(2,3)21-15-20(16-22(23(21)26)25(4,5)6)19-13-11-18(12-14-19)17-9-7-8-10-17;1-23(2,3)20-14-19(15-21(22(20)25)24(4,5)6)18-12-10-17(11-13-18)16-8-7-9-16;1-22(2,3)19-13-18(14-20(21(19)24)23(4,5)6)17-11-9-16(10-12-17)15-7-8-15/h15-19,26H,7-14H2,1-6H3;14-18,25H,7-13H2,1-6H3;13-17,24H,7-12H2,1-6H3. The summed E-state index contributed by atoms with van der Waals surface area (Å²) in [4.78, 5) is 0. The smallest absolute Gasteiger partial charge is 0.123 e. The Bertz CT molecular complexity index is 2230. The average molecular weight is 1030 g/mol. The summed E-state index contributed by atoms with van der Waals surface area (Å²) in [6, 6.07) is 13.9. The third-order valence-corrected chi connectivity index (χ3v) is 20.1. The highest BCUT2D eigenvalue weighted by molar-refractivity contribution is 5.53. The molecule has 0 atom stereocenters. The number of hydrogen-bond donors (Lipinski definition) is 3. The summed E-state index contributed by atoms with van der Waals surface area (Å²) in [6.07, 6.45) is 29.7. The van der Waals surface area contributed by atoms with E-state index < -0.39 is 0 Å². The molecule has 6 saturated carbocycles. The molecule has 0 spiro atoms. The van der Waals surface area contributed by atoms with Crippen molar-refractivity contribution in [3.8, 4) is 17.2 Å². The summed E-state index contributed by atoms with van der Waals surface area (Å²) in [6.45, 7) is 39.9. The van der Waals surface area contributed by atoms with Crippen molar-refractivity contribution in [3.63, 3.8) is 0 Å². The largest absolute Gasteiger partial charge is 0.507 e. The van der Waals surface area contributed by atoms with Gasteiger partial charge >= 0.3 is 0 Å². The lowest BCUT2D eigenvalue weighted by molar-refractivity contribution is 0.153. The molecule has 6 aliphatic carbocycles. The molecule has 3 nitrogen and oxygen atoms in total. The quantitative estimate of drug-likeness (QED) is 0.231. The first-order valence-electron chi connectivity index (χ1n) is 31.3. The van der Waals surface area contributed by atoms with Crippen molar-refractivity contribution in [1.29, 1.82) is 0 Å². The maximum Gasteiger partial charge on any atom is 0.123 e. The van der Waals surface area contributed by atoms with Crippen LogP contribution in [0.2, 0.25) is 0 Å². The average Bonchev–Trinajstić information content (AvgIpc) is 4.00. The van der Waals surface area contributed by atoms with Crippen LogP contribution in [0.15, 0.2) is 36.4 Å². The summed E-state index contributed by atoms with van der Waals surface area (Å²) < 4.78 is 0. The normalized spacial score (nSPS) is 25.7. The molecule has 3 N–H and O–H groups in total. The molecule has 3 heteroatoms. The van der Waals surface area contributed by atoms with E-state index in [1.54, 1.807) is 0 Å². The minimum atomic E-state index is -0.0266. The lowest BCUT2D eigenvalue weighted by atomic mass is 9.67. The van der Waals surface area contributed by atoms with Crippen LogP contribution in [0.1, 0.15) is 327 Å². The van der Waals surface area contributed by atoms with Gasteiger partial charge in [0.25, 0.3) is 0 Å². The monoisotopic (exact) mass is 1030 g/mol. The van der Waals surface area contributed by atoms with Crippen molar-refractivity contribution in [2.24, 2.45) is 35.5 Å². The van der Waals surface area contributed by atoms with Gasteiger partial charge in [-0.15, -0.1) is 0 Å². The lowest BCUT2D eigenvalue weighted by Gasteiger charge is -2.39. The highest BCUT2D eigenvalue weighted by Crippen LogP contribution is 2.52. The summed E-state index contributed by atoms with van der Waals surface area (Å²) in [7, 11) is 0. The van der Waals surface area contributed by atoms with Gasteiger partial charge in [0, 0.05) is 0 Å². The second-order valence-electron chi connectivity index (χ2n) is 32.3. The maximum atomic E-state index is 11.0. The molecule has 9 rings (SSSR count). The zero-order chi connectivity index (χ0) is 55.2. The molecule has 0 heterocycles. The molecular formula is C72H114O3. The van der Waals surface area contributed by atoms with Crippen LogP contribution in [0, 0.1) is 35.5 Å². The van der Waals surface area contributed by atoms with Crippen molar-refractivity contribution >= 4 is 0 Å². The Kier molecular flexibility index (Phi) is 18.3. The Labute approximate surface area is 462 Å². The number of phenolic OH excluding ortho intramolecular Hbond substituents is 3. The van der Waals surface area contributed by atoms with Crippen LogP contribution < -0.4 is 0 Å². The van der Waals surface area contributed by atoms with Gasteiger partial charge in [0.05, 0.1) is 0 Å². The highest BCUT2D eigenvalue weighted by Gasteiger charge is 2.38. The molecular weight excluding hydrogens is 913 g/mol. The fourth-order valence-corrected chi connectivity index (χ4v) is 14.8. The zero-order valence-electron chi connectivity index (χ0n) is 51.9. The third-order valence-electron chi connectivity index (χ3n) is 20.1. The van der Waals surface area contributed by atoms with Crippen LogP contribution in [-0.2, 0) is 32.5 Å². The number of rotatable bonds is 6. The van der Waals surface area contributed by atoms with Crippen LogP contribution in [0.25, 0.3) is 0 Å². The second kappa shape index (κ2) is 23.0. The van der Waals surface area contributed by atoms with Gasteiger partial charge in [-0.3, -0.25) is 0 Å². The highest BCUT2D eigenvalue weighted by atomic mass is 16.3. The molecule has 3 aromatic carbocycles. The molecule has 75 heavy (non-hydrogen) atoms. The minimum Gasteiger partial charge on any atom is -0.507 e. The maximum absolute atomic E-state index is 11.0. The summed E-state index contributed by atoms with van der Waals surface area (Å²) in [5.41, 5.74) is 11.0. The third kappa shape index (κ3) is 14.9. The SMILES string of the molecule is CC(C)(C)c1cc(C2CCC(C3CC3)CC2)cc(C(C)(C)C)c1O.CC(C)(C)c1cc(C2CCC(C3CCC3)CC2)cc(C(C)(C)C)c1O.CC(C)(C)c1cc(C2CCC(C3CCCC3)CC2)cc(C(C)(C)C)c1O. The predicted molar refractivity (Wildman–Crippen MR) is 323 cm³/mol. The zero-order valence-corrected chi connectivity index (χ0v) is 51.9. The van der Waals surface area contributed by atoms with E-state index in [-0.39, 0.29) is 32.5 Å². The van der Waals surface area contributed by atoms with Gasteiger partial charge in [0.15, 0.2) is 0 Å². The summed E-state index contributed by atoms with van der Waals surface area (Å²) >= 11 is 0. The molecule has 0 radical (unpaired) electrons. The molecule has 0 saturated heterocycles. The Morgan fingerprint density at radius 3 is 0.547 bits per heavy atom. The number of aromatic hydroxyl groups is 3. The van der Waals surface area contributed by atoms with Gasteiger partial charge in [-0.1, -0.05) is 206 Å². The molecule has 0 aliphatic heterocycles. The summed E-state index contributed by atoms with van der Waals surface area (Å²) in [5.74, 6) is 9.69. The fourth-order valence-electron chi connectivity index (χ4n) is 14.8. The van der Waals surface area contributed by atoms with Crippen molar-refractivity contribution in [3.05, 3.63) is 86.5 Å². The van der Waals surface area contributed by atoms with Gasteiger partial charge in [-0.25, -0.2) is 0 Å². The van der Waals surface area contributed by atoms with E-state index in [1.807, 2.05) is 0 Å². The fraction of sp³-hybridized carbons (Fsp3) is 0.750. The number of hydrogen-bond acceptors (Lipinski definition) is 3. The van der Waals surface area contributed by atoms with E-state index in [2.05, 4.69) is 161 Å². The van der Waals surface area contributed by atoms with Crippen LogP contribution in [-0.4, -0.2) is 15.3 Å². The van der Waals surface area contributed by atoms with Gasteiger partial charge < -0.3 is 15.3 Å². The van der Waals surface area contributed by atoms with Gasteiger partial charge in [-0.2, -0.15) is 0 Å². The van der Waals surface area contributed by atoms with Gasteiger partial charge in [-0.05, 0) is 226 Å². The Morgan fingerprint density at radius 2 is 0.400 bits per heavy atom. The van der Waals surface area contributed by atoms with E-state index in [0.717, 1.165) is 68.9 Å². The molecule has 0 aromatic heterocycles. The molecule has 6 aliphatic rings. The molecule has 6 fully saturated rings. The van der Waals surface area contributed by atoms with Gasteiger partial charge in [0.2, 0.25) is 0 Å². The van der Waals surface area contributed by atoms with Crippen molar-refractivity contribution in [2.75, 3.05) is 0 Å². The van der Waals surface area contributed by atoms with Crippen LogP contribution in [0.4, 0.5) is 0 Å². The number of benzene rings is 3. The van der Waals surface area contributed by atoms with E-state index >= 15 is 0 Å². The van der Waals surface area contributed by atoms with Crippen LogP contribution in [0.3, 0.4) is 0 Å². The van der Waals surface area contributed by atoms with Crippen molar-refractivity contribution in [2.45, 2.75) is 310 Å². The molecule has 0 unspecified atom stereocenters. The van der Waals surface area contributed by atoms with Crippen molar-refractivity contribution in [1.82, 2.24) is 0 Å².